The lowest BCUT2D eigenvalue weighted by atomic mass is 10.0. The van der Waals surface area contributed by atoms with Crippen molar-refractivity contribution in [3.05, 3.63) is 101 Å². The molecule has 1 N–H and O–H groups in total. The van der Waals surface area contributed by atoms with Crippen LogP contribution >= 0.6 is 0 Å². The first kappa shape index (κ1) is 21.3. The van der Waals surface area contributed by atoms with Crippen LogP contribution < -0.4 is 10.1 Å². The Kier molecular flexibility index (Phi) is 7.39. The van der Waals surface area contributed by atoms with Crippen molar-refractivity contribution in [2.75, 3.05) is 13.2 Å². The number of rotatable bonds is 9. The van der Waals surface area contributed by atoms with Gasteiger partial charge in [-0.15, -0.1) is 0 Å². The van der Waals surface area contributed by atoms with E-state index in [0.717, 1.165) is 6.42 Å². The Morgan fingerprint density at radius 3 is 2.10 bits per heavy atom. The van der Waals surface area contributed by atoms with Gasteiger partial charge in [-0.3, -0.25) is 9.59 Å². The number of benzene rings is 3. The summed E-state index contributed by atoms with van der Waals surface area (Å²) in [6, 6.07) is 24.5. The van der Waals surface area contributed by atoms with Crippen LogP contribution in [-0.2, 0) is 11.2 Å². The fraction of sp³-hybridized carbons (Fsp3) is 0.231. The summed E-state index contributed by atoms with van der Waals surface area (Å²) < 4.78 is 5.53. The van der Waals surface area contributed by atoms with Crippen molar-refractivity contribution in [3.63, 3.8) is 0 Å². The molecule has 1 amide bonds. The van der Waals surface area contributed by atoms with E-state index in [4.69, 9.17) is 4.74 Å². The highest BCUT2D eigenvalue weighted by atomic mass is 16.5. The van der Waals surface area contributed by atoms with Crippen molar-refractivity contribution < 1.29 is 14.3 Å². The van der Waals surface area contributed by atoms with Crippen LogP contribution in [-0.4, -0.2) is 24.8 Å². The third-order valence-electron chi connectivity index (χ3n) is 4.90. The van der Waals surface area contributed by atoms with Gasteiger partial charge in [0.05, 0.1) is 0 Å². The average Bonchev–Trinajstić information content (AvgIpc) is 2.78. The van der Waals surface area contributed by atoms with Gasteiger partial charge >= 0.3 is 0 Å². The standard InChI is InChI=1S/C26H27NO3/c1-19(2)21-10-8-20(9-11-21)16-17-27-25(28)18-30-24-14-12-23(13-15-24)26(29)22-6-4-3-5-7-22/h3-15,19H,16-18H2,1-2H3,(H,27,28). The molecule has 0 bridgehead atoms. The van der Waals surface area contributed by atoms with Crippen molar-refractivity contribution >= 4 is 11.7 Å². The Morgan fingerprint density at radius 2 is 1.47 bits per heavy atom. The van der Waals surface area contributed by atoms with Crippen molar-refractivity contribution in [3.8, 4) is 5.75 Å². The van der Waals surface area contributed by atoms with Gasteiger partial charge in [-0.25, -0.2) is 0 Å². The minimum atomic E-state index is -0.168. The van der Waals surface area contributed by atoms with Gasteiger partial charge in [-0.05, 0) is 47.7 Å². The Labute approximate surface area is 177 Å². The molecule has 30 heavy (non-hydrogen) atoms. The molecule has 3 rings (SSSR count). The predicted octanol–water partition coefficient (Wildman–Crippen LogP) is 4.78. The molecule has 0 aliphatic carbocycles. The van der Waals surface area contributed by atoms with Crippen LogP contribution in [0.15, 0.2) is 78.9 Å². The number of hydrogen-bond acceptors (Lipinski definition) is 3. The summed E-state index contributed by atoms with van der Waals surface area (Å²) in [6.45, 7) is 4.85. The number of carbonyl (C=O) groups excluding carboxylic acids is 2. The van der Waals surface area contributed by atoms with Crippen molar-refractivity contribution in [1.82, 2.24) is 5.32 Å². The van der Waals surface area contributed by atoms with Crippen LogP contribution in [0.25, 0.3) is 0 Å². The molecule has 0 saturated heterocycles. The monoisotopic (exact) mass is 401 g/mol. The molecule has 154 valence electrons. The summed E-state index contributed by atoms with van der Waals surface area (Å²) in [7, 11) is 0. The van der Waals surface area contributed by atoms with Gasteiger partial charge in [-0.2, -0.15) is 0 Å². The molecule has 0 atom stereocenters. The second-order valence-corrected chi connectivity index (χ2v) is 7.50. The Hall–Kier alpha value is -3.40. The highest BCUT2D eigenvalue weighted by Crippen LogP contribution is 2.16. The van der Waals surface area contributed by atoms with E-state index in [1.165, 1.54) is 11.1 Å². The van der Waals surface area contributed by atoms with Crippen molar-refractivity contribution in [1.29, 1.82) is 0 Å². The summed E-state index contributed by atoms with van der Waals surface area (Å²) in [5.41, 5.74) is 3.73. The molecule has 0 radical (unpaired) electrons. The van der Waals surface area contributed by atoms with E-state index in [2.05, 4.69) is 43.4 Å². The maximum atomic E-state index is 12.4. The van der Waals surface area contributed by atoms with Crippen molar-refractivity contribution in [2.24, 2.45) is 0 Å². The molecule has 0 saturated carbocycles. The quantitative estimate of drug-likeness (QED) is 0.525. The number of ether oxygens (including phenoxy) is 1. The van der Waals surface area contributed by atoms with E-state index >= 15 is 0 Å². The molecule has 0 unspecified atom stereocenters. The summed E-state index contributed by atoms with van der Waals surface area (Å²) in [5, 5.41) is 2.87. The van der Waals surface area contributed by atoms with Crippen LogP contribution in [0.4, 0.5) is 0 Å². The number of amides is 1. The molecular weight excluding hydrogens is 374 g/mol. The van der Waals surface area contributed by atoms with Crippen LogP contribution in [0.3, 0.4) is 0 Å². The molecular formula is C26H27NO3. The SMILES string of the molecule is CC(C)c1ccc(CCNC(=O)COc2ccc(C(=O)c3ccccc3)cc2)cc1. The van der Waals surface area contributed by atoms with E-state index in [1.807, 2.05) is 18.2 Å². The lowest BCUT2D eigenvalue weighted by Crippen LogP contribution is -2.30. The third-order valence-corrected chi connectivity index (χ3v) is 4.90. The van der Waals surface area contributed by atoms with Gasteiger partial charge in [0.2, 0.25) is 0 Å². The molecule has 3 aromatic carbocycles. The Balaban J connectivity index is 1.41. The summed E-state index contributed by atoms with van der Waals surface area (Å²) in [5.74, 6) is 0.861. The topological polar surface area (TPSA) is 55.4 Å². The number of carbonyl (C=O) groups is 2. The zero-order valence-electron chi connectivity index (χ0n) is 17.4. The third kappa shape index (κ3) is 6.05. The van der Waals surface area contributed by atoms with Crippen LogP contribution in [0, 0.1) is 0 Å². The van der Waals surface area contributed by atoms with Gasteiger partial charge in [0, 0.05) is 17.7 Å². The molecule has 0 aliphatic rings. The van der Waals surface area contributed by atoms with E-state index in [9.17, 15) is 9.59 Å². The largest absolute Gasteiger partial charge is 0.484 e. The van der Waals surface area contributed by atoms with Gasteiger partial charge in [0.1, 0.15) is 5.75 Å². The first-order valence-corrected chi connectivity index (χ1v) is 10.2. The van der Waals surface area contributed by atoms with Gasteiger partial charge in [0.25, 0.3) is 5.91 Å². The van der Waals surface area contributed by atoms with Crippen LogP contribution in [0.2, 0.25) is 0 Å². The van der Waals surface area contributed by atoms with Crippen LogP contribution in [0.1, 0.15) is 46.8 Å². The van der Waals surface area contributed by atoms with Crippen LogP contribution in [0.5, 0.6) is 5.75 Å². The van der Waals surface area contributed by atoms with Crippen molar-refractivity contribution in [2.45, 2.75) is 26.2 Å². The first-order valence-electron chi connectivity index (χ1n) is 10.2. The normalized spacial score (nSPS) is 10.6. The molecule has 4 heteroatoms. The lowest BCUT2D eigenvalue weighted by molar-refractivity contribution is -0.123. The number of ketones is 1. The van der Waals surface area contributed by atoms with E-state index in [0.29, 0.717) is 29.3 Å². The predicted molar refractivity (Wildman–Crippen MR) is 119 cm³/mol. The number of nitrogens with one attached hydrogen (secondary N) is 1. The van der Waals surface area contributed by atoms with E-state index < -0.39 is 0 Å². The molecule has 0 fully saturated rings. The fourth-order valence-corrected chi connectivity index (χ4v) is 3.07. The van der Waals surface area contributed by atoms with Gasteiger partial charge in [0.15, 0.2) is 12.4 Å². The molecule has 0 aromatic heterocycles. The Bertz CT molecular complexity index is 961. The fourth-order valence-electron chi connectivity index (χ4n) is 3.07. The number of hydrogen-bond donors (Lipinski definition) is 1. The zero-order valence-corrected chi connectivity index (χ0v) is 17.4. The minimum absolute atomic E-state index is 0.0404. The zero-order chi connectivity index (χ0) is 21.3. The molecule has 3 aromatic rings. The highest BCUT2D eigenvalue weighted by Gasteiger charge is 2.09. The second-order valence-electron chi connectivity index (χ2n) is 7.50. The maximum Gasteiger partial charge on any atom is 0.257 e. The first-order chi connectivity index (χ1) is 14.5. The van der Waals surface area contributed by atoms with E-state index in [1.54, 1.807) is 36.4 Å². The molecule has 0 aliphatic heterocycles. The minimum Gasteiger partial charge on any atom is -0.484 e. The Morgan fingerprint density at radius 1 is 0.833 bits per heavy atom. The van der Waals surface area contributed by atoms with E-state index in [-0.39, 0.29) is 18.3 Å². The molecule has 0 spiro atoms. The smallest absolute Gasteiger partial charge is 0.257 e. The summed E-state index contributed by atoms with van der Waals surface area (Å²) in [6.07, 6.45) is 0.778. The second kappa shape index (κ2) is 10.4. The van der Waals surface area contributed by atoms with Gasteiger partial charge < -0.3 is 10.1 Å². The summed E-state index contributed by atoms with van der Waals surface area (Å²) in [4.78, 5) is 24.4. The van der Waals surface area contributed by atoms with Gasteiger partial charge in [-0.1, -0.05) is 68.4 Å². The highest BCUT2D eigenvalue weighted by molar-refractivity contribution is 6.08. The maximum absolute atomic E-state index is 12.4. The lowest BCUT2D eigenvalue weighted by Gasteiger charge is -2.09. The average molecular weight is 402 g/mol. The molecule has 0 heterocycles. The molecule has 4 nitrogen and oxygen atoms in total. The summed E-state index contributed by atoms with van der Waals surface area (Å²) >= 11 is 0.